The lowest BCUT2D eigenvalue weighted by Crippen LogP contribution is -2.38. The minimum Gasteiger partial charge on any atom is -0.341 e. The molecular weight excluding hydrogens is 390 g/mol. The summed E-state index contributed by atoms with van der Waals surface area (Å²) >= 11 is 3.19. The number of thiophene rings is 1. The Morgan fingerprint density at radius 1 is 1.35 bits per heavy atom. The molecule has 3 heterocycles. The van der Waals surface area contributed by atoms with Crippen LogP contribution in [0.15, 0.2) is 11.4 Å². The first-order valence-electron chi connectivity index (χ1n) is 8.79. The van der Waals surface area contributed by atoms with E-state index in [2.05, 4.69) is 9.97 Å². The maximum atomic E-state index is 12.5. The molecule has 0 radical (unpaired) electrons. The lowest BCUT2D eigenvalue weighted by atomic mass is 9.97. The van der Waals surface area contributed by atoms with Crippen LogP contribution in [0.25, 0.3) is 10.2 Å². The van der Waals surface area contributed by atoms with Crippen molar-refractivity contribution in [3.63, 3.8) is 0 Å². The van der Waals surface area contributed by atoms with E-state index in [1.54, 1.807) is 29.6 Å². The van der Waals surface area contributed by atoms with Crippen molar-refractivity contribution in [2.45, 2.75) is 43.2 Å². The van der Waals surface area contributed by atoms with E-state index in [1.807, 2.05) is 0 Å². The number of aromatic nitrogens is 2. The molecule has 1 saturated heterocycles. The van der Waals surface area contributed by atoms with Gasteiger partial charge >= 0.3 is 0 Å². The molecule has 4 rings (SSSR count). The maximum absolute atomic E-state index is 12.5. The molecule has 0 spiro atoms. The van der Waals surface area contributed by atoms with Crippen LogP contribution in [0.4, 0.5) is 0 Å². The molecule has 1 atom stereocenters. The van der Waals surface area contributed by atoms with E-state index >= 15 is 0 Å². The van der Waals surface area contributed by atoms with Gasteiger partial charge in [0, 0.05) is 23.4 Å². The lowest BCUT2D eigenvalue weighted by molar-refractivity contribution is -0.128. The van der Waals surface area contributed by atoms with Crippen molar-refractivity contribution in [1.82, 2.24) is 14.9 Å². The molecule has 9 heteroatoms. The van der Waals surface area contributed by atoms with Gasteiger partial charge in [-0.15, -0.1) is 11.3 Å². The largest absolute Gasteiger partial charge is 0.341 e. The predicted molar refractivity (Wildman–Crippen MR) is 105 cm³/mol. The molecule has 140 valence electrons. The Morgan fingerprint density at radius 2 is 2.15 bits per heavy atom. The Labute approximate surface area is 161 Å². The Morgan fingerprint density at radius 3 is 2.92 bits per heavy atom. The number of carbonyl (C=O) groups is 1. The number of thioether (sulfide) groups is 1. The van der Waals surface area contributed by atoms with Crippen LogP contribution < -0.4 is 0 Å². The number of amides is 1. The molecule has 6 nitrogen and oxygen atoms in total. The van der Waals surface area contributed by atoms with E-state index < -0.39 is 9.84 Å². The zero-order valence-electron chi connectivity index (χ0n) is 14.6. The van der Waals surface area contributed by atoms with Crippen molar-refractivity contribution in [2.24, 2.45) is 0 Å². The van der Waals surface area contributed by atoms with E-state index in [0.29, 0.717) is 6.42 Å². The number of rotatable bonds is 4. The fraction of sp³-hybridized carbons (Fsp3) is 0.588. The SMILES string of the molecule is CN(C(=O)CSc1ncnc2sc3c(c12)CCCC3)C1CCS(=O)(=O)C1. The summed E-state index contributed by atoms with van der Waals surface area (Å²) < 4.78 is 23.3. The zero-order valence-corrected chi connectivity index (χ0v) is 17.1. The summed E-state index contributed by atoms with van der Waals surface area (Å²) in [5.74, 6) is 0.475. The average Bonchev–Trinajstić information content (AvgIpc) is 3.18. The van der Waals surface area contributed by atoms with Crippen LogP contribution in [0.1, 0.15) is 29.7 Å². The molecule has 0 aromatic carbocycles. The van der Waals surface area contributed by atoms with E-state index in [0.717, 1.165) is 28.1 Å². The number of carbonyl (C=O) groups excluding carboxylic acids is 1. The molecule has 1 unspecified atom stereocenters. The van der Waals surface area contributed by atoms with Crippen molar-refractivity contribution in [2.75, 3.05) is 24.3 Å². The van der Waals surface area contributed by atoms with E-state index in [9.17, 15) is 13.2 Å². The highest BCUT2D eigenvalue weighted by atomic mass is 32.2. The Bertz CT molecular complexity index is 955. The van der Waals surface area contributed by atoms with Crippen LogP contribution >= 0.6 is 23.1 Å². The highest BCUT2D eigenvalue weighted by molar-refractivity contribution is 8.00. The van der Waals surface area contributed by atoms with Gasteiger partial charge in [-0.25, -0.2) is 18.4 Å². The normalized spacial score (nSPS) is 21.7. The average molecular weight is 412 g/mol. The minimum atomic E-state index is -2.99. The standard InChI is InChI=1S/C17H21N3O3S3/c1-20(11-6-7-26(22,23)9-11)14(21)8-24-16-15-12-4-2-3-5-13(12)25-17(15)19-10-18-16/h10-11H,2-9H2,1H3. The highest BCUT2D eigenvalue weighted by Crippen LogP contribution is 2.39. The Kier molecular flexibility index (Phi) is 4.96. The van der Waals surface area contributed by atoms with Crippen LogP contribution in [-0.4, -0.2) is 59.5 Å². The van der Waals surface area contributed by atoms with Crippen molar-refractivity contribution in [1.29, 1.82) is 0 Å². The predicted octanol–water partition coefficient (Wildman–Crippen LogP) is 2.31. The van der Waals surface area contributed by atoms with E-state index in [4.69, 9.17) is 0 Å². The maximum Gasteiger partial charge on any atom is 0.233 e. The first-order chi connectivity index (χ1) is 12.4. The highest BCUT2D eigenvalue weighted by Gasteiger charge is 2.32. The van der Waals surface area contributed by atoms with Gasteiger partial charge in [0.1, 0.15) is 16.2 Å². The van der Waals surface area contributed by atoms with Crippen LogP contribution in [0.3, 0.4) is 0 Å². The molecule has 1 aliphatic heterocycles. The van der Waals surface area contributed by atoms with E-state index in [-0.39, 0.29) is 29.2 Å². The van der Waals surface area contributed by atoms with Gasteiger partial charge in [0.15, 0.2) is 9.84 Å². The number of aryl methyl sites for hydroxylation is 2. The second-order valence-electron chi connectivity index (χ2n) is 6.92. The minimum absolute atomic E-state index is 0.0482. The molecule has 2 aliphatic rings. The summed E-state index contributed by atoms with van der Waals surface area (Å²) in [5.41, 5.74) is 1.36. The van der Waals surface area contributed by atoms with Gasteiger partial charge in [-0.2, -0.15) is 0 Å². The number of hydrogen-bond acceptors (Lipinski definition) is 7. The smallest absolute Gasteiger partial charge is 0.233 e. The Hall–Kier alpha value is -1.19. The van der Waals surface area contributed by atoms with Gasteiger partial charge in [0.2, 0.25) is 5.91 Å². The topological polar surface area (TPSA) is 80.2 Å². The first-order valence-corrected chi connectivity index (χ1v) is 12.4. The van der Waals surface area contributed by atoms with Gasteiger partial charge in [-0.3, -0.25) is 4.79 Å². The van der Waals surface area contributed by atoms with Crippen LogP contribution in [0.5, 0.6) is 0 Å². The second kappa shape index (κ2) is 7.09. The number of sulfone groups is 1. The third-order valence-corrected chi connectivity index (χ3v) is 9.12. The van der Waals surface area contributed by atoms with Gasteiger partial charge in [0.05, 0.1) is 17.3 Å². The van der Waals surface area contributed by atoms with Gasteiger partial charge in [-0.05, 0) is 37.7 Å². The third-order valence-electron chi connectivity index (χ3n) is 5.20. The van der Waals surface area contributed by atoms with Crippen molar-refractivity contribution in [3.8, 4) is 0 Å². The summed E-state index contributed by atoms with van der Waals surface area (Å²) in [6.07, 6.45) is 6.69. The summed E-state index contributed by atoms with van der Waals surface area (Å²) in [6.45, 7) is 0. The van der Waals surface area contributed by atoms with Crippen LogP contribution in [-0.2, 0) is 27.5 Å². The summed E-state index contributed by atoms with van der Waals surface area (Å²) in [7, 11) is -1.29. The summed E-state index contributed by atoms with van der Waals surface area (Å²) in [6, 6.07) is -0.201. The molecule has 0 N–H and O–H groups in total. The fourth-order valence-corrected chi connectivity index (χ4v) is 7.70. The van der Waals surface area contributed by atoms with Crippen molar-refractivity contribution < 1.29 is 13.2 Å². The van der Waals surface area contributed by atoms with Gasteiger partial charge < -0.3 is 4.90 Å². The third kappa shape index (κ3) is 3.48. The lowest BCUT2D eigenvalue weighted by Gasteiger charge is -2.23. The molecule has 0 bridgehead atoms. The van der Waals surface area contributed by atoms with Gasteiger partial charge in [0.25, 0.3) is 0 Å². The molecule has 1 fully saturated rings. The number of nitrogens with zero attached hydrogens (tertiary/aromatic N) is 3. The summed E-state index contributed by atoms with van der Waals surface area (Å²) in [5, 5.41) is 1.99. The summed E-state index contributed by atoms with van der Waals surface area (Å²) in [4.78, 5) is 25.4. The van der Waals surface area contributed by atoms with Crippen molar-refractivity contribution >= 4 is 49.1 Å². The van der Waals surface area contributed by atoms with E-state index in [1.165, 1.54) is 35.0 Å². The fourth-order valence-electron chi connectivity index (χ4n) is 3.69. The molecule has 1 amide bonds. The van der Waals surface area contributed by atoms with Crippen molar-refractivity contribution in [3.05, 3.63) is 16.8 Å². The molecule has 2 aromatic rings. The van der Waals surface area contributed by atoms with Gasteiger partial charge in [-0.1, -0.05) is 11.8 Å². The molecule has 1 aliphatic carbocycles. The van der Waals surface area contributed by atoms with Crippen LogP contribution in [0, 0.1) is 0 Å². The first kappa shape index (κ1) is 18.2. The molecule has 26 heavy (non-hydrogen) atoms. The molecule has 2 aromatic heterocycles. The number of fused-ring (bicyclic) bond motifs is 3. The molecule has 0 saturated carbocycles. The second-order valence-corrected chi connectivity index (χ2v) is 11.2. The van der Waals surface area contributed by atoms with Crippen LogP contribution in [0.2, 0.25) is 0 Å². The number of hydrogen-bond donors (Lipinski definition) is 0. The monoisotopic (exact) mass is 411 g/mol. The molecular formula is C17H21N3O3S3. The zero-order chi connectivity index (χ0) is 18.3. The Balaban J connectivity index is 1.49. The quantitative estimate of drug-likeness (QED) is 0.567.